The number of anilines is 3. The molecule has 0 saturated heterocycles. The number of nitrogens with one attached hydrogen (secondary N) is 1. The first-order valence-corrected chi connectivity index (χ1v) is 6.82. The monoisotopic (exact) mass is 285 g/mol. The maximum absolute atomic E-state index is 11.3. The first-order chi connectivity index (χ1) is 10.0. The van der Waals surface area contributed by atoms with Gasteiger partial charge in [0.25, 0.3) is 0 Å². The lowest BCUT2D eigenvalue weighted by atomic mass is 10.1. The minimum absolute atomic E-state index is 0.0707. The van der Waals surface area contributed by atoms with Crippen molar-refractivity contribution in [3.8, 4) is 0 Å². The van der Waals surface area contributed by atoms with Gasteiger partial charge in [-0.2, -0.15) is 0 Å². The molecule has 5 heteroatoms. The van der Waals surface area contributed by atoms with Crippen LogP contribution in [0.2, 0.25) is 0 Å². The number of nitrogens with zero attached hydrogens (tertiary/aromatic N) is 1. The van der Waals surface area contributed by atoms with E-state index in [1.165, 1.54) is 13.1 Å². The van der Waals surface area contributed by atoms with Crippen LogP contribution < -0.4 is 11.1 Å². The zero-order valence-electron chi connectivity index (χ0n) is 12.1. The topological polar surface area (TPSA) is 88.2 Å². The SMILES string of the molecule is CCC(O)c1ccc(Nc2ncc(C(C)=O)cc2N)cc1. The van der Waals surface area contributed by atoms with Crippen molar-refractivity contribution in [2.45, 2.75) is 26.4 Å². The highest BCUT2D eigenvalue weighted by Crippen LogP contribution is 2.24. The van der Waals surface area contributed by atoms with Crippen molar-refractivity contribution in [2.24, 2.45) is 0 Å². The number of nitrogen functional groups attached to an aromatic ring is 1. The van der Waals surface area contributed by atoms with Gasteiger partial charge in [0.15, 0.2) is 11.6 Å². The molecule has 0 aliphatic rings. The number of nitrogens with two attached hydrogens (primary N) is 1. The molecule has 0 aliphatic carbocycles. The molecule has 0 saturated carbocycles. The maximum atomic E-state index is 11.3. The molecular formula is C16H19N3O2. The number of carbonyl (C=O) groups is 1. The summed E-state index contributed by atoms with van der Waals surface area (Å²) < 4.78 is 0. The number of ketones is 1. The highest BCUT2D eigenvalue weighted by molar-refractivity contribution is 5.95. The predicted molar refractivity (Wildman–Crippen MR) is 83.6 cm³/mol. The Bertz CT molecular complexity index is 638. The zero-order chi connectivity index (χ0) is 15.4. The van der Waals surface area contributed by atoms with Gasteiger partial charge in [-0.25, -0.2) is 4.98 Å². The third kappa shape index (κ3) is 3.58. The molecule has 1 aromatic heterocycles. The Morgan fingerprint density at radius 3 is 2.57 bits per heavy atom. The van der Waals surface area contributed by atoms with Gasteiger partial charge in [0, 0.05) is 17.4 Å². The molecule has 2 aromatic rings. The molecule has 0 aliphatic heterocycles. The second kappa shape index (κ2) is 6.37. The smallest absolute Gasteiger partial charge is 0.161 e. The number of Topliss-reactive ketones (excluding diaryl/α,β-unsaturated/α-hetero) is 1. The van der Waals surface area contributed by atoms with E-state index in [1.54, 1.807) is 6.07 Å². The van der Waals surface area contributed by atoms with Crippen LogP contribution >= 0.6 is 0 Å². The number of rotatable bonds is 5. The fourth-order valence-corrected chi connectivity index (χ4v) is 1.94. The van der Waals surface area contributed by atoms with Crippen LogP contribution in [0.4, 0.5) is 17.2 Å². The Balaban J connectivity index is 2.16. The number of carbonyl (C=O) groups excluding carboxylic acids is 1. The van der Waals surface area contributed by atoms with Crippen molar-refractivity contribution in [3.05, 3.63) is 47.7 Å². The van der Waals surface area contributed by atoms with E-state index in [0.29, 0.717) is 23.5 Å². The third-order valence-electron chi connectivity index (χ3n) is 3.27. The fourth-order valence-electron chi connectivity index (χ4n) is 1.94. The van der Waals surface area contributed by atoms with Crippen LogP contribution in [0.3, 0.4) is 0 Å². The van der Waals surface area contributed by atoms with Gasteiger partial charge in [-0.1, -0.05) is 19.1 Å². The summed E-state index contributed by atoms with van der Waals surface area (Å²) in [6.45, 7) is 3.40. The van der Waals surface area contributed by atoms with Gasteiger partial charge in [0.05, 0.1) is 11.8 Å². The number of benzene rings is 1. The van der Waals surface area contributed by atoms with Gasteiger partial charge in [0.2, 0.25) is 0 Å². The summed E-state index contributed by atoms with van der Waals surface area (Å²) in [6, 6.07) is 9.03. The Kier molecular flexibility index (Phi) is 4.55. The molecule has 1 unspecified atom stereocenters. The van der Waals surface area contributed by atoms with Gasteiger partial charge in [-0.3, -0.25) is 4.79 Å². The van der Waals surface area contributed by atoms with E-state index in [9.17, 15) is 9.90 Å². The normalized spacial score (nSPS) is 12.0. The van der Waals surface area contributed by atoms with Gasteiger partial charge in [-0.15, -0.1) is 0 Å². The molecule has 0 fully saturated rings. The average Bonchev–Trinajstić information content (AvgIpc) is 2.49. The molecule has 1 heterocycles. The average molecular weight is 285 g/mol. The number of pyridine rings is 1. The number of hydrogen-bond donors (Lipinski definition) is 3. The van der Waals surface area contributed by atoms with Crippen LogP contribution in [-0.4, -0.2) is 15.9 Å². The third-order valence-corrected chi connectivity index (χ3v) is 3.27. The Morgan fingerprint density at radius 2 is 2.05 bits per heavy atom. The first-order valence-electron chi connectivity index (χ1n) is 6.82. The summed E-state index contributed by atoms with van der Waals surface area (Å²) >= 11 is 0. The van der Waals surface area contributed by atoms with Crippen molar-refractivity contribution in [1.29, 1.82) is 0 Å². The van der Waals surface area contributed by atoms with Crippen molar-refractivity contribution < 1.29 is 9.90 Å². The summed E-state index contributed by atoms with van der Waals surface area (Å²) in [7, 11) is 0. The highest BCUT2D eigenvalue weighted by atomic mass is 16.3. The van der Waals surface area contributed by atoms with Crippen molar-refractivity contribution in [2.75, 3.05) is 11.1 Å². The highest BCUT2D eigenvalue weighted by Gasteiger charge is 2.07. The minimum atomic E-state index is -0.447. The molecule has 1 aromatic carbocycles. The van der Waals surface area contributed by atoms with Gasteiger partial charge in [0.1, 0.15) is 0 Å². The molecule has 0 amide bonds. The standard InChI is InChI=1S/C16H19N3O2/c1-3-15(21)11-4-6-13(7-5-11)19-16-14(17)8-12(9-18-16)10(2)20/h4-9,15,21H,3,17H2,1-2H3,(H,18,19). The number of aromatic nitrogens is 1. The summed E-state index contributed by atoms with van der Waals surface area (Å²) in [5.41, 5.74) is 8.48. The Morgan fingerprint density at radius 1 is 1.38 bits per heavy atom. The zero-order valence-corrected chi connectivity index (χ0v) is 12.1. The summed E-state index contributed by atoms with van der Waals surface area (Å²) in [5, 5.41) is 12.8. The summed E-state index contributed by atoms with van der Waals surface area (Å²) in [6.07, 6.45) is 1.72. The molecule has 0 spiro atoms. The van der Waals surface area contributed by atoms with Crippen LogP contribution in [0.15, 0.2) is 36.5 Å². The van der Waals surface area contributed by atoms with Crippen molar-refractivity contribution >= 4 is 23.0 Å². The molecule has 21 heavy (non-hydrogen) atoms. The van der Waals surface area contributed by atoms with E-state index in [-0.39, 0.29) is 5.78 Å². The molecular weight excluding hydrogens is 266 g/mol. The molecule has 4 N–H and O–H groups in total. The number of aliphatic hydroxyl groups excluding tert-OH is 1. The number of aliphatic hydroxyl groups is 1. The van der Waals surface area contributed by atoms with Gasteiger partial charge >= 0.3 is 0 Å². The van der Waals surface area contributed by atoms with Crippen LogP contribution in [0.5, 0.6) is 0 Å². The van der Waals surface area contributed by atoms with E-state index in [4.69, 9.17) is 5.73 Å². The van der Waals surface area contributed by atoms with E-state index in [1.807, 2.05) is 31.2 Å². The Labute approximate surface area is 123 Å². The summed E-state index contributed by atoms with van der Waals surface area (Å²) in [4.78, 5) is 15.4. The van der Waals surface area contributed by atoms with E-state index in [2.05, 4.69) is 10.3 Å². The predicted octanol–water partition coefficient (Wildman–Crippen LogP) is 3.05. The lowest BCUT2D eigenvalue weighted by Crippen LogP contribution is -2.03. The second-order valence-corrected chi connectivity index (χ2v) is 4.89. The van der Waals surface area contributed by atoms with Crippen molar-refractivity contribution in [1.82, 2.24) is 4.98 Å². The van der Waals surface area contributed by atoms with E-state index in [0.717, 1.165) is 11.3 Å². The fraction of sp³-hybridized carbons (Fsp3) is 0.250. The molecule has 0 radical (unpaired) electrons. The molecule has 1 atom stereocenters. The Hall–Kier alpha value is -2.40. The van der Waals surface area contributed by atoms with Gasteiger partial charge in [-0.05, 0) is 37.1 Å². The van der Waals surface area contributed by atoms with Crippen LogP contribution in [0.25, 0.3) is 0 Å². The number of hydrogen-bond acceptors (Lipinski definition) is 5. The second-order valence-electron chi connectivity index (χ2n) is 4.89. The van der Waals surface area contributed by atoms with E-state index < -0.39 is 6.10 Å². The van der Waals surface area contributed by atoms with Crippen LogP contribution in [0.1, 0.15) is 42.3 Å². The lowest BCUT2D eigenvalue weighted by molar-refractivity contribution is 0.101. The molecule has 0 bridgehead atoms. The van der Waals surface area contributed by atoms with E-state index >= 15 is 0 Å². The summed E-state index contributed by atoms with van der Waals surface area (Å²) in [5.74, 6) is 0.433. The molecule has 110 valence electrons. The molecule has 5 nitrogen and oxygen atoms in total. The lowest BCUT2D eigenvalue weighted by Gasteiger charge is -2.11. The quantitative estimate of drug-likeness (QED) is 0.735. The van der Waals surface area contributed by atoms with Crippen LogP contribution in [-0.2, 0) is 0 Å². The maximum Gasteiger partial charge on any atom is 0.161 e. The van der Waals surface area contributed by atoms with Crippen LogP contribution in [0, 0.1) is 0 Å². The molecule has 2 rings (SSSR count). The first kappa shape index (κ1) is 15.0. The van der Waals surface area contributed by atoms with Crippen molar-refractivity contribution in [3.63, 3.8) is 0 Å². The largest absolute Gasteiger partial charge is 0.396 e. The van der Waals surface area contributed by atoms with Gasteiger partial charge < -0.3 is 16.2 Å². The minimum Gasteiger partial charge on any atom is -0.396 e.